The Hall–Kier alpha value is -4.05. The van der Waals surface area contributed by atoms with Crippen LogP contribution in [0.15, 0.2) is 54.7 Å². The average molecular weight is 483 g/mol. The standard InChI is InChI=1S/C25H27FN4O5/c1-2-3-4-22-27-14-21(30(22)15-16-5-7-18(8-6-16)25(33)34)24(32)28-20(13-23(31)29-35)17-9-11-19(26)12-10-17/h5-12,14,20,35H,2-4,13,15H2,1H3,(H,28,32)(H,29,31)(H,33,34). The van der Waals surface area contributed by atoms with E-state index in [1.165, 1.54) is 42.6 Å². The van der Waals surface area contributed by atoms with Crippen molar-refractivity contribution in [2.75, 3.05) is 0 Å². The Bertz CT molecular complexity index is 1180. The first-order valence-corrected chi connectivity index (χ1v) is 11.2. The fraction of sp³-hybridized carbons (Fsp3) is 0.280. The van der Waals surface area contributed by atoms with Gasteiger partial charge in [0.2, 0.25) is 5.91 Å². The summed E-state index contributed by atoms with van der Waals surface area (Å²) in [5, 5.41) is 20.9. The number of aryl methyl sites for hydroxylation is 1. The summed E-state index contributed by atoms with van der Waals surface area (Å²) in [5.74, 6) is -2.00. The molecule has 0 bridgehead atoms. The lowest BCUT2D eigenvalue weighted by atomic mass is 10.0. The number of nitrogens with zero attached hydrogens (tertiary/aromatic N) is 2. The third-order valence-corrected chi connectivity index (χ3v) is 5.56. The molecule has 10 heteroatoms. The Morgan fingerprint density at radius 2 is 1.77 bits per heavy atom. The fourth-order valence-corrected chi connectivity index (χ4v) is 3.65. The number of rotatable bonds is 11. The Balaban J connectivity index is 1.90. The molecule has 0 spiro atoms. The van der Waals surface area contributed by atoms with E-state index in [0.29, 0.717) is 24.4 Å². The normalized spacial score (nSPS) is 11.6. The second-order valence-electron chi connectivity index (χ2n) is 8.07. The highest BCUT2D eigenvalue weighted by atomic mass is 19.1. The van der Waals surface area contributed by atoms with Gasteiger partial charge in [-0.25, -0.2) is 19.6 Å². The molecule has 0 aliphatic heterocycles. The number of carbonyl (C=O) groups is 3. The van der Waals surface area contributed by atoms with Gasteiger partial charge >= 0.3 is 5.97 Å². The van der Waals surface area contributed by atoms with E-state index in [2.05, 4.69) is 10.3 Å². The molecule has 0 radical (unpaired) electrons. The summed E-state index contributed by atoms with van der Waals surface area (Å²) < 4.78 is 15.1. The number of hydrogen-bond donors (Lipinski definition) is 4. The van der Waals surface area contributed by atoms with Gasteiger partial charge in [0.05, 0.1) is 24.2 Å². The van der Waals surface area contributed by atoms with Crippen molar-refractivity contribution in [3.63, 3.8) is 0 Å². The molecule has 1 aromatic heterocycles. The van der Waals surface area contributed by atoms with Crippen molar-refractivity contribution in [3.8, 4) is 0 Å². The third-order valence-electron chi connectivity index (χ3n) is 5.56. The van der Waals surface area contributed by atoms with Gasteiger partial charge < -0.3 is 15.0 Å². The zero-order valence-corrected chi connectivity index (χ0v) is 19.2. The fourth-order valence-electron chi connectivity index (χ4n) is 3.65. The van der Waals surface area contributed by atoms with Gasteiger partial charge in [0.1, 0.15) is 17.3 Å². The highest BCUT2D eigenvalue weighted by Gasteiger charge is 2.23. The minimum atomic E-state index is -1.03. The minimum Gasteiger partial charge on any atom is -0.478 e. The smallest absolute Gasteiger partial charge is 0.335 e. The number of carboxylic acid groups (broad SMARTS) is 1. The minimum absolute atomic E-state index is 0.160. The molecule has 184 valence electrons. The third kappa shape index (κ3) is 6.73. The lowest BCUT2D eigenvalue weighted by molar-refractivity contribution is -0.129. The molecule has 3 rings (SSSR count). The first-order chi connectivity index (χ1) is 16.8. The summed E-state index contributed by atoms with van der Waals surface area (Å²) >= 11 is 0. The van der Waals surface area contributed by atoms with Crippen LogP contribution in [-0.2, 0) is 17.8 Å². The first kappa shape index (κ1) is 25.6. The molecule has 3 aromatic rings. The number of benzene rings is 2. The number of hydroxylamine groups is 1. The highest BCUT2D eigenvalue weighted by Crippen LogP contribution is 2.20. The molecule has 0 saturated heterocycles. The largest absolute Gasteiger partial charge is 0.478 e. The van der Waals surface area contributed by atoms with Crippen molar-refractivity contribution in [3.05, 3.63) is 88.8 Å². The molecular formula is C25H27FN4O5. The number of hydrogen-bond acceptors (Lipinski definition) is 5. The molecule has 9 nitrogen and oxygen atoms in total. The van der Waals surface area contributed by atoms with Crippen LogP contribution in [0.4, 0.5) is 4.39 Å². The van der Waals surface area contributed by atoms with Crippen LogP contribution in [0.5, 0.6) is 0 Å². The van der Waals surface area contributed by atoms with Gasteiger partial charge in [0.15, 0.2) is 0 Å². The monoisotopic (exact) mass is 482 g/mol. The number of amides is 2. The van der Waals surface area contributed by atoms with Crippen LogP contribution < -0.4 is 10.8 Å². The topological polar surface area (TPSA) is 134 Å². The zero-order valence-electron chi connectivity index (χ0n) is 19.2. The number of halogens is 1. The molecule has 0 fully saturated rings. The Labute approximate surface area is 201 Å². The Kier molecular flexibility index (Phi) is 8.69. The highest BCUT2D eigenvalue weighted by molar-refractivity contribution is 5.93. The summed E-state index contributed by atoms with van der Waals surface area (Å²) in [6.07, 6.45) is 3.64. The van der Waals surface area contributed by atoms with E-state index >= 15 is 0 Å². The van der Waals surface area contributed by atoms with E-state index in [-0.39, 0.29) is 17.7 Å². The van der Waals surface area contributed by atoms with Gasteiger partial charge in [0.25, 0.3) is 5.91 Å². The van der Waals surface area contributed by atoms with Crippen LogP contribution in [0.1, 0.15) is 70.0 Å². The molecule has 4 N–H and O–H groups in total. The van der Waals surface area contributed by atoms with Crippen LogP contribution >= 0.6 is 0 Å². The second kappa shape index (κ2) is 11.9. The maximum absolute atomic E-state index is 13.4. The number of carboxylic acids is 1. The number of aromatic nitrogens is 2. The summed E-state index contributed by atoms with van der Waals surface area (Å²) in [6, 6.07) is 10.9. The number of unbranched alkanes of at least 4 members (excludes halogenated alkanes) is 1. The molecule has 0 aliphatic carbocycles. The van der Waals surface area contributed by atoms with Crippen molar-refractivity contribution in [2.24, 2.45) is 0 Å². The van der Waals surface area contributed by atoms with Crippen LogP contribution in [-0.4, -0.2) is 37.6 Å². The molecule has 35 heavy (non-hydrogen) atoms. The summed E-state index contributed by atoms with van der Waals surface area (Å²) in [4.78, 5) is 40.7. The Morgan fingerprint density at radius 1 is 1.09 bits per heavy atom. The van der Waals surface area contributed by atoms with Gasteiger partial charge in [-0.15, -0.1) is 0 Å². The molecule has 0 aliphatic rings. The maximum atomic E-state index is 13.4. The summed E-state index contributed by atoms with van der Waals surface area (Å²) in [7, 11) is 0. The SMILES string of the molecule is CCCCc1ncc(C(=O)NC(CC(=O)NO)c2ccc(F)cc2)n1Cc1ccc(C(=O)O)cc1. The molecular weight excluding hydrogens is 455 g/mol. The molecule has 0 saturated carbocycles. The van der Waals surface area contributed by atoms with Gasteiger partial charge in [-0.3, -0.25) is 14.8 Å². The van der Waals surface area contributed by atoms with Gasteiger partial charge in [-0.05, 0) is 41.8 Å². The van der Waals surface area contributed by atoms with E-state index in [1.807, 2.05) is 6.92 Å². The average Bonchev–Trinajstić information content (AvgIpc) is 3.25. The summed E-state index contributed by atoms with van der Waals surface area (Å²) in [5.41, 5.74) is 3.25. The van der Waals surface area contributed by atoms with Crippen molar-refractivity contribution in [1.82, 2.24) is 20.3 Å². The van der Waals surface area contributed by atoms with Crippen molar-refractivity contribution >= 4 is 17.8 Å². The maximum Gasteiger partial charge on any atom is 0.335 e. The van der Waals surface area contributed by atoms with Gasteiger partial charge in [-0.1, -0.05) is 37.6 Å². The molecule has 2 aromatic carbocycles. The van der Waals surface area contributed by atoms with Crippen molar-refractivity contribution in [2.45, 2.75) is 45.2 Å². The number of aromatic carboxylic acids is 1. The molecule has 2 amide bonds. The van der Waals surface area contributed by atoms with E-state index < -0.39 is 29.6 Å². The Morgan fingerprint density at radius 3 is 2.37 bits per heavy atom. The number of nitrogens with one attached hydrogen (secondary N) is 2. The van der Waals surface area contributed by atoms with Gasteiger partial charge in [-0.2, -0.15) is 0 Å². The molecule has 1 unspecified atom stereocenters. The lowest BCUT2D eigenvalue weighted by Crippen LogP contribution is -2.34. The quantitative estimate of drug-likeness (QED) is 0.244. The molecule has 1 atom stereocenters. The lowest BCUT2D eigenvalue weighted by Gasteiger charge is -2.19. The van der Waals surface area contributed by atoms with Crippen LogP contribution in [0, 0.1) is 5.82 Å². The number of carbonyl (C=O) groups excluding carboxylic acids is 2. The predicted octanol–water partition coefficient (Wildman–Crippen LogP) is 3.48. The van der Waals surface area contributed by atoms with E-state index in [9.17, 15) is 18.8 Å². The molecule has 1 heterocycles. The van der Waals surface area contributed by atoms with E-state index in [0.717, 1.165) is 18.4 Å². The zero-order chi connectivity index (χ0) is 25.4. The van der Waals surface area contributed by atoms with Crippen molar-refractivity contribution < 1.29 is 29.1 Å². The van der Waals surface area contributed by atoms with Crippen molar-refractivity contribution in [1.29, 1.82) is 0 Å². The predicted molar refractivity (Wildman–Crippen MR) is 124 cm³/mol. The second-order valence-corrected chi connectivity index (χ2v) is 8.07. The number of imidazole rings is 1. The van der Waals surface area contributed by atoms with E-state index in [4.69, 9.17) is 10.3 Å². The van der Waals surface area contributed by atoms with Gasteiger partial charge in [0, 0.05) is 13.0 Å². The first-order valence-electron chi connectivity index (χ1n) is 11.2. The summed E-state index contributed by atoms with van der Waals surface area (Å²) in [6.45, 7) is 2.34. The van der Waals surface area contributed by atoms with Crippen LogP contribution in [0.25, 0.3) is 0 Å². The van der Waals surface area contributed by atoms with E-state index in [1.54, 1.807) is 22.2 Å². The van der Waals surface area contributed by atoms with Crippen LogP contribution in [0.2, 0.25) is 0 Å². The van der Waals surface area contributed by atoms with Crippen LogP contribution in [0.3, 0.4) is 0 Å².